The lowest BCUT2D eigenvalue weighted by molar-refractivity contribution is -0.151. The van der Waals surface area contributed by atoms with Crippen LogP contribution in [0.4, 0.5) is 26.7 Å². The molecule has 0 fully saturated rings. The molecule has 1 N–H and O–H groups in total. The van der Waals surface area contributed by atoms with E-state index in [1.165, 1.54) is 24.0 Å². The molecule has 12 nitrogen and oxygen atoms in total. The molecular weight excluding hydrogens is 713 g/mol. The predicted octanol–water partition coefficient (Wildman–Crippen LogP) is 4.85. The largest absolute Gasteiger partial charge is 0.444 e. The van der Waals surface area contributed by atoms with Crippen molar-refractivity contribution in [3.63, 3.8) is 0 Å². The highest BCUT2D eigenvalue weighted by atomic mass is 32.1. The van der Waals surface area contributed by atoms with Crippen LogP contribution in [0.15, 0.2) is 37.5 Å². The lowest BCUT2D eigenvalue weighted by Crippen LogP contribution is -2.47. The number of hydrogen-bond acceptors (Lipinski definition) is 9. The molecule has 0 unspecified atom stereocenters. The fourth-order valence-electron chi connectivity index (χ4n) is 4.78. The molecule has 0 bridgehead atoms. The van der Waals surface area contributed by atoms with Gasteiger partial charge in [0.1, 0.15) is 33.7 Å². The molecule has 19 heteroatoms. The van der Waals surface area contributed by atoms with Gasteiger partial charge in [-0.05, 0) is 49.8 Å². The van der Waals surface area contributed by atoms with E-state index in [1.54, 1.807) is 34.6 Å². The summed E-state index contributed by atoms with van der Waals surface area (Å²) in [5.41, 5.74) is -5.09. The molecule has 4 rings (SSSR count). The molecule has 0 saturated heterocycles. The number of amides is 2. The Labute approximate surface area is 288 Å². The van der Waals surface area contributed by atoms with Crippen molar-refractivity contribution in [2.45, 2.75) is 65.6 Å². The third-order valence-corrected chi connectivity index (χ3v) is 9.15. The van der Waals surface area contributed by atoms with E-state index in [4.69, 9.17) is 9.47 Å². The highest BCUT2D eigenvalue weighted by molar-refractivity contribution is 7.17. The smallest absolute Gasteiger partial charge is 0.422 e. The lowest BCUT2D eigenvalue weighted by atomic mass is 10.1. The standard InChI is InChI=1S/C31H32F5N5O7S2/c1-14(2)23(38-28(45)48-30(3,4)5)26(44)47-13-41-18(16-8-9-17(32)21(22(16)33)31(34,35)36)12-50-27(41)37-19(42)10-15-11-49-25-20(15)24(43)39(6)29(46)40(25)7/h8-9,11-12,14,23H,10,13H2,1-7H3,(H,38,45)/b37-27-/t23-/m0/s1. The van der Waals surface area contributed by atoms with E-state index in [9.17, 15) is 41.5 Å². The number of hydrogen-bond donors (Lipinski definition) is 1. The molecule has 0 radical (unpaired) electrons. The van der Waals surface area contributed by atoms with Gasteiger partial charge in [0.15, 0.2) is 11.5 Å². The maximum absolute atomic E-state index is 15.3. The lowest BCUT2D eigenvalue weighted by Gasteiger charge is -2.24. The van der Waals surface area contributed by atoms with E-state index in [0.29, 0.717) is 22.2 Å². The van der Waals surface area contributed by atoms with Crippen LogP contribution in [0.25, 0.3) is 21.5 Å². The summed E-state index contributed by atoms with van der Waals surface area (Å²) in [5, 5.41) is 5.15. The summed E-state index contributed by atoms with van der Waals surface area (Å²) in [6, 6.07) is -0.0872. The molecule has 0 saturated carbocycles. The highest BCUT2D eigenvalue weighted by Gasteiger charge is 2.39. The van der Waals surface area contributed by atoms with Gasteiger partial charge in [-0.2, -0.15) is 18.2 Å². The number of esters is 1. The second-order valence-electron chi connectivity index (χ2n) is 12.4. The van der Waals surface area contributed by atoms with E-state index < -0.39 is 88.9 Å². The Balaban J connectivity index is 1.77. The van der Waals surface area contributed by atoms with Gasteiger partial charge in [0.2, 0.25) is 0 Å². The van der Waals surface area contributed by atoms with Gasteiger partial charge in [-0.25, -0.2) is 23.2 Å². The Hall–Kier alpha value is -4.65. The molecule has 3 heterocycles. The number of thiophene rings is 1. The first-order chi connectivity index (χ1) is 23.1. The van der Waals surface area contributed by atoms with Crippen molar-refractivity contribution in [2.24, 2.45) is 25.0 Å². The highest BCUT2D eigenvalue weighted by Crippen LogP contribution is 2.37. The third-order valence-electron chi connectivity index (χ3n) is 7.18. The van der Waals surface area contributed by atoms with Gasteiger partial charge in [0.05, 0.1) is 17.5 Å². The SMILES string of the molecule is CC(C)[C@H](NC(=O)OC(C)(C)C)C(=O)OCn1c(-c2ccc(F)c(C(F)(F)F)c2F)cs/c1=N\C(=O)Cc1csc2c1c(=O)n(C)c(=O)n2C. The van der Waals surface area contributed by atoms with Gasteiger partial charge < -0.3 is 14.8 Å². The van der Waals surface area contributed by atoms with Gasteiger partial charge in [-0.1, -0.05) is 13.8 Å². The normalized spacial score (nSPS) is 13.2. The second kappa shape index (κ2) is 14.3. The fourth-order valence-corrected chi connectivity index (χ4v) is 6.71. The zero-order chi connectivity index (χ0) is 37.5. The van der Waals surface area contributed by atoms with E-state index in [0.717, 1.165) is 31.9 Å². The summed E-state index contributed by atoms with van der Waals surface area (Å²) in [6.07, 6.45) is -6.77. The monoisotopic (exact) mass is 745 g/mol. The Morgan fingerprint density at radius 3 is 2.26 bits per heavy atom. The van der Waals surface area contributed by atoms with Gasteiger partial charge in [-0.3, -0.25) is 23.3 Å². The summed E-state index contributed by atoms with van der Waals surface area (Å²) in [5.74, 6) is -6.20. The molecule has 1 aromatic carbocycles. The van der Waals surface area contributed by atoms with Crippen LogP contribution < -0.4 is 21.4 Å². The van der Waals surface area contributed by atoms with E-state index >= 15 is 4.39 Å². The third kappa shape index (κ3) is 8.04. The Morgan fingerprint density at radius 2 is 1.66 bits per heavy atom. The van der Waals surface area contributed by atoms with E-state index in [2.05, 4.69) is 10.3 Å². The number of aromatic nitrogens is 3. The van der Waals surface area contributed by atoms with Gasteiger partial charge in [0.25, 0.3) is 11.5 Å². The first-order valence-corrected chi connectivity index (χ1v) is 16.5. The fraction of sp³-hybridized carbons (Fsp3) is 0.419. The first-order valence-electron chi connectivity index (χ1n) is 14.8. The van der Waals surface area contributed by atoms with Gasteiger partial charge in [-0.15, -0.1) is 22.7 Å². The molecule has 270 valence electrons. The van der Waals surface area contributed by atoms with Crippen LogP contribution in [0.1, 0.15) is 45.7 Å². The number of thiazole rings is 1. The summed E-state index contributed by atoms with van der Waals surface area (Å²) in [4.78, 5) is 68.1. The van der Waals surface area contributed by atoms with E-state index in [1.807, 2.05) is 0 Å². The molecule has 50 heavy (non-hydrogen) atoms. The average Bonchev–Trinajstić information content (AvgIpc) is 3.58. The second-order valence-corrected chi connectivity index (χ2v) is 14.1. The number of benzene rings is 1. The van der Waals surface area contributed by atoms with Crippen molar-refractivity contribution in [2.75, 3.05) is 0 Å². The molecule has 3 aromatic heterocycles. The Bertz CT molecular complexity index is 2170. The number of carbonyl (C=O) groups excluding carboxylic acids is 3. The minimum absolute atomic E-state index is 0.113. The number of carbonyl (C=O) groups is 3. The summed E-state index contributed by atoms with van der Waals surface area (Å²) < 4.78 is 83.9. The maximum atomic E-state index is 15.3. The molecule has 0 spiro atoms. The topological polar surface area (TPSA) is 143 Å². The average molecular weight is 746 g/mol. The van der Waals surface area contributed by atoms with Crippen LogP contribution in [0, 0.1) is 17.6 Å². The van der Waals surface area contributed by atoms with Crippen molar-refractivity contribution >= 4 is 50.9 Å². The number of aryl methyl sites for hydroxylation is 1. The van der Waals surface area contributed by atoms with Crippen LogP contribution in [0.2, 0.25) is 0 Å². The zero-order valence-corrected chi connectivity index (χ0v) is 29.4. The zero-order valence-electron chi connectivity index (χ0n) is 27.7. The van der Waals surface area contributed by atoms with Crippen molar-refractivity contribution in [1.82, 2.24) is 19.0 Å². The predicted molar refractivity (Wildman–Crippen MR) is 173 cm³/mol. The molecule has 2 amide bonds. The van der Waals surface area contributed by atoms with Crippen LogP contribution in [0.5, 0.6) is 0 Å². The first kappa shape index (κ1) is 38.2. The van der Waals surface area contributed by atoms with Crippen LogP contribution in [-0.4, -0.2) is 43.3 Å². The molecule has 1 atom stereocenters. The molecule has 0 aliphatic rings. The van der Waals surface area contributed by atoms with Crippen molar-refractivity contribution in [3.05, 3.63) is 71.3 Å². The number of nitrogens with zero attached hydrogens (tertiary/aromatic N) is 4. The number of halogens is 5. The Morgan fingerprint density at radius 1 is 1.00 bits per heavy atom. The Kier molecular flexibility index (Phi) is 10.9. The van der Waals surface area contributed by atoms with Gasteiger partial charge in [0, 0.05) is 25.0 Å². The number of fused-ring (bicyclic) bond motifs is 1. The minimum atomic E-state index is -5.40. The quantitative estimate of drug-likeness (QED) is 0.201. The number of nitrogens with one attached hydrogen (secondary N) is 1. The summed E-state index contributed by atoms with van der Waals surface area (Å²) >= 11 is 1.73. The van der Waals surface area contributed by atoms with E-state index in [-0.39, 0.29) is 21.4 Å². The molecular formula is C31H32F5N5O7S2. The van der Waals surface area contributed by atoms with Crippen molar-refractivity contribution in [1.29, 1.82) is 0 Å². The number of rotatable bonds is 8. The molecule has 0 aliphatic heterocycles. The van der Waals surface area contributed by atoms with Crippen LogP contribution >= 0.6 is 22.7 Å². The maximum Gasteiger partial charge on any atom is 0.422 e. The van der Waals surface area contributed by atoms with Crippen molar-refractivity contribution < 1.29 is 45.8 Å². The molecule has 4 aromatic rings. The number of alkyl halides is 3. The summed E-state index contributed by atoms with van der Waals surface area (Å²) in [7, 11) is 2.74. The minimum Gasteiger partial charge on any atom is -0.444 e. The number of ether oxygens (including phenoxy) is 2. The van der Waals surface area contributed by atoms with Crippen LogP contribution in [-0.2, 0) is 52.5 Å². The van der Waals surface area contributed by atoms with Crippen molar-refractivity contribution in [3.8, 4) is 11.3 Å². The van der Waals surface area contributed by atoms with Gasteiger partial charge >= 0.3 is 23.9 Å². The van der Waals surface area contributed by atoms with Crippen LogP contribution in [0.3, 0.4) is 0 Å². The summed E-state index contributed by atoms with van der Waals surface area (Å²) in [6.45, 7) is 7.19. The number of alkyl carbamates (subject to hydrolysis) is 1. The molecule has 0 aliphatic carbocycles.